The van der Waals surface area contributed by atoms with Crippen molar-refractivity contribution in [1.29, 1.82) is 0 Å². The number of rotatable bonds is 6. The largest absolute Gasteiger partial charge is 0.354 e. The van der Waals surface area contributed by atoms with E-state index in [-0.39, 0.29) is 11.8 Å². The molecule has 126 valence electrons. The van der Waals surface area contributed by atoms with Gasteiger partial charge in [-0.25, -0.2) is 4.98 Å². The van der Waals surface area contributed by atoms with Gasteiger partial charge in [0.05, 0.1) is 0 Å². The lowest BCUT2D eigenvalue weighted by molar-refractivity contribution is -0.122. The van der Waals surface area contributed by atoms with Crippen molar-refractivity contribution in [3.8, 4) is 0 Å². The predicted octanol–water partition coefficient (Wildman–Crippen LogP) is 1.31. The van der Waals surface area contributed by atoms with E-state index in [1.165, 1.54) is 5.56 Å². The molecule has 2 heterocycles. The van der Waals surface area contributed by atoms with Crippen molar-refractivity contribution in [2.45, 2.75) is 38.8 Å². The average Bonchev–Trinajstić information content (AvgIpc) is 3.17. The van der Waals surface area contributed by atoms with Crippen molar-refractivity contribution in [2.24, 2.45) is 0 Å². The first-order valence-electron chi connectivity index (χ1n) is 8.32. The van der Waals surface area contributed by atoms with Crippen LogP contribution in [-0.4, -0.2) is 34.0 Å². The summed E-state index contributed by atoms with van der Waals surface area (Å²) in [7, 11) is 0. The zero-order valence-electron chi connectivity index (χ0n) is 13.8. The van der Waals surface area contributed by atoms with Crippen LogP contribution in [0.3, 0.4) is 0 Å². The van der Waals surface area contributed by atoms with Crippen LogP contribution in [0.2, 0.25) is 0 Å². The molecule has 0 radical (unpaired) electrons. The molecule has 3 rings (SSSR count). The van der Waals surface area contributed by atoms with Crippen LogP contribution in [0.25, 0.3) is 0 Å². The Labute approximate surface area is 141 Å². The Morgan fingerprint density at radius 3 is 2.83 bits per heavy atom. The Morgan fingerprint density at radius 2 is 2.08 bits per heavy atom. The summed E-state index contributed by atoms with van der Waals surface area (Å²) in [4.78, 5) is 28.6. The number of imidazole rings is 1. The zero-order valence-corrected chi connectivity index (χ0v) is 13.8. The second-order valence-electron chi connectivity index (χ2n) is 6.06. The molecule has 6 heteroatoms. The lowest BCUT2D eigenvalue weighted by atomic mass is 10.1. The van der Waals surface area contributed by atoms with Gasteiger partial charge in [0, 0.05) is 25.7 Å². The minimum Gasteiger partial charge on any atom is -0.354 e. The lowest BCUT2D eigenvalue weighted by Crippen LogP contribution is -2.45. The number of aromatic nitrogens is 2. The molecule has 6 nitrogen and oxygen atoms in total. The van der Waals surface area contributed by atoms with Gasteiger partial charge in [-0.05, 0) is 25.3 Å². The number of aryl methyl sites for hydroxylation is 2. The fourth-order valence-electron chi connectivity index (χ4n) is 2.83. The van der Waals surface area contributed by atoms with Crippen LogP contribution in [0.4, 0.5) is 0 Å². The highest BCUT2D eigenvalue weighted by atomic mass is 16.2. The van der Waals surface area contributed by atoms with Crippen LogP contribution < -0.4 is 10.6 Å². The van der Waals surface area contributed by atoms with Crippen molar-refractivity contribution in [2.75, 3.05) is 6.54 Å². The highest BCUT2D eigenvalue weighted by Gasteiger charge is 2.21. The maximum Gasteiger partial charge on any atom is 0.272 e. The third kappa shape index (κ3) is 3.82. The number of carbonyl (C=O) groups is 2. The summed E-state index contributed by atoms with van der Waals surface area (Å²) in [6.07, 6.45) is 4.51. The van der Waals surface area contributed by atoms with Gasteiger partial charge >= 0.3 is 0 Å². The molecule has 2 N–H and O–H groups in total. The normalized spacial score (nSPS) is 14.0. The quantitative estimate of drug-likeness (QED) is 0.840. The van der Waals surface area contributed by atoms with Gasteiger partial charge in [0.2, 0.25) is 5.91 Å². The topological polar surface area (TPSA) is 76.0 Å². The summed E-state index contributed by atoms with van der Waals surface area (Å²) in [5.41, 5.74) is 1.55. The monoisotopic (exact) mass is 326 g/mol. The summed E-state index contributed by atoms with van der Waals surface area (Å²) in [6.45, 7) is 3.13. The second kappa shape index (κ2) is 7.29. The fourth-order valence-corrected chi connectivity index (χ4v) is 2.83. The maximum absolute atomic E-state index is 12.2. The molecule has 1 aromatic carbocycles. The van der Waals surface area contributed by atoms with Gasteiger partial charge in [-0.2, -0.15) is 0 Å². The number of amides is 2. The van der Waals surface area contributed by atoms with Gasteiger partial charge in [-0.3, -0.25) is 9.59 Å². The van der Waals surface area contributed by atoms with E-state index in [1.807, 2.05) is 34.9 Å². The van der Waals surface area contributed by atoms with Crippen LogP contribution >= 0.6 is 0 Å². The number of nitrogens with zero attached hydrogens (tertiary/aromatic N) is 2. The van der Waals surface area contributed by atoms with Crippen LogP contribution in [0, 0.1) is 0 Å². The van der Waals surface area contributed by atoms with Crippen LogP contribution in [0.5, 0.6) is 0 Å². The molecule has 1 aliphatic rings. The summed E-state index contributed by atoms with van der Waals surface area (Å²) in [5.74, 6) is 0.453. The van der Waals surface area contributed by atoms with Crippen LogP contribution in [0.1, 0.15) is 35.2 Å². The number of fused-ring (bicyclic) bond motifs is 1. The third-order valence-corrected chi connectivity index (χ3v) is 4.19. The van der Waals surface area contributed by atoms with Crippen LogP contribution in [0.15, 0.2) is 36.5 Å². The Hall–Kier alpha value is -2.63. The smallest absolute Gasteiger partial charge is 0.272 e. The standard InChI is InChI=1S/C18H22N4O2/c1-13(17(23)19-10-9-14-6-3-2-4-7-14)20-18(24)15-12-22-11-5-8-16(22)21-15/h2-4,6-7,12-13H,5,8-11H2,1H3,(H,19,23)(H,20,24)/t13-/m1/s1. The molecule has 1 aromatic heterocycles. The van der Waals surface area contributed by atoms with Crippen molar-refractivity contribution in [3.63, 3.8) is 0 Å². The van der Waals surface area contributed by atoms with Crippen molar-refractivity contribution < 1.29 is 9.59 Å². The van der Waals surface area contributed by atoms with Crippen molar-refractivity contribution in [3.05, 3.63) is 53.6 Å². The first-order valence-corrected chi connectivity index (χ1v) is 8.32. The van der Waals surface area contributed by atoms with E-state index in [1.54, 1.807) is 13.1 Å². The summed E-state index contributed by atoms with van der Waals surface area (Å²) >= 11 is 0. The summed E-state index contributed by atoms with van der Waals surface area (Å²) < 4.78 is 2.00. The molecule has 2 aromatic rings. The first-order chi connectivity index (χ1) is 11.6. The molecule has 2 amide bonds. The number of hydrogen-bond acceptors (Lipinski definition) is 3. The molecular formula is C18H22N4O2. The lowest BCUT2D eigenvalue weighted by Gasteiger charge is -2.13. The predicted molar refractivity (Wildman–Crippen MR) is 90.6 cm³/mol. The number of benzene rings is 1. The molecule has 0 bridgehead atoms. The Bertz CT molecular complexity index is 702. The molecule has 0 saturated heterocycles. The molecule has 0 spiro atoms. The Balaban J connectivity index is 1.45. The second-order valence-corrected chi connectivity index (χ2v) is 6.06. The van der Waals surface area contributed by atoms with Gasteiger partial charge in [-0.15, -0.1) is 0 Å². The molecule has 0 saturated carbocycles. The summed E-state index contributed by atoms with van der Waals surface area (Å²) in [6, 6.07) is 9.37. The molecule has 0 fully saturated rings. The van der Waals surface area contributed by atoms with Crippen molar-refractivity contribution in [1.82, 2.24) is 20.2 Å². The van der Waals surface area contributed by atoms with Crippen molar-refractivity contribution >= 4 is 11.8 Å². The molecule has 1 atom stereocenters. The summed E-state index contributed by atoms with van der Waals surface area (Å²) in [5, 5.41) is 5.55. The van der Waals surface area contributed by atoms with E-state index < -0.39 is 6.04 Å². The Kier molecular flexibility index (Phi) is 4.93. The SMILES string of the molecule is C[C@@H](NC(=O)c1cn2c(n1)CCC2)C(=O)NCCc1ccccc1. The molecular weight excluding hydrogens is 304 g/mol. The first kappa shape index (κ1) is 16.2. The van der Waals surface area contributed by atoms with E-state index >= 15 is 0 Å². The van der Waals surface area contributed by atoms with E-state index in [4.69, 9.17) is 0 Å². The maximum atomic E-state index is 12.2. The molecule has 24 heavy (non-hydrogen) atoms. The molecule has 0 aliphatic carbocycles. The van der Waals surface area contributed by atoms with E-state index in [0.29, 0.717) is 12.2 Å². The van der Waals surface area contributed by atoms with Gasteiger partial charge < -0.3 is 15.2 Å². The minimum atomic E-state index is -0.593. The van der Waals surface area contributed by atoms with Gasteiger partial charge in [0.15, 0.2) is 0 Å². The van der Waals surface area contributed by atoms with Gasteiger partial charge in [0.1, 0.15) is 17.6 Å². The number of carbonyl (C=O) groups excluding carboxylic acids is 2. The highest BCUT2D eigenvalue weighted by molar-refractivity contribution is 5.95. The fraction of sp³-hybridized carbons (Fsp3) is 0.389. The average molecular weight is 326 g/mol. The van der Waals surface area contributed by atoms with E-state index in [0.717, 1.165) is 31.6 Å². The molecule has 1 aliphatic heterocycles. The molecule has 0 unspecified atom stereocenters. The van der Waals surface area contributed by atoms with E-state index in [9.17, 15) is 9.59 Å². The Morgan fingerprint density at radius 1 is 1.29 bits per heavy atom. The third-order valence-electron chi connectivity index (χ3n) is 4.19. The zero-order chi connectivity index (χ0) is 16.9. The minimum absolute atomic E-state index is 0.189. The van der Waals surface area contributed by atoms with Gasteiger partial charge in [-0.1, -0.05) is 30.3 Å². The van der Waals surface area contributed by atoms with E-state index in [2.05, 4.69) is 15.6 Å². The van der Waals surface area contributed by atoms with Gasteiger partial charge in [0.25, 0.3) is 5.91 Å². The number of nitrogens with one attached hydrogen (secondary N) is 2. The highest BCUT2D eigenvalue weighted by Crippen LogP contribution is 2.14. The van der Waals surface area contributed by atoms with Crippen LogP contribution in [-0.2, 0) is 24.2 Å². The number of hydrogen-bond donors (Lipinski definition) is 2.